The summed E-state index contributed by atoms with van der Waals surface area (Å²) in [5.41, 5.74) is 0. The molecule has 0 spiro atoms. The van der Waals surface area contributed by atoms with Crippen molar-refractivity contribution in [1.29, 1.82) is 0 Å². The van der Waals surface area contributed by atoms with Crippen LogP contribution in [-0.2, 0) is 6.54 Å². The molecular weight excluding hydrogens is 222 g/mol. The molecule has 3 atom stereocenters. The highest BCUT2D eigenvalue weighted by Gasteiger charge is 2.28. The number of nitrogens with one attached hydrogen (secondary N) is 1. The summed E-state index contributed by atoms with van der Waals surface area (Å²) in [6.07, 6.45) is 11.3. The first-order valence-corrected chi connectivity index (χ1v) is 7.38. The van der Waals surface area contributed by atoms with Crippen molar-refractivity contribution >= 4 is 0 Å². The van der Waals surface area contributed by atoms with Gasteiger partial charge in [-0.3, -0.25) is 0 Å². The SMILES string of the molecule is CC(Cn1ccnc1)NC1CCCCC1C(C)C. The molecule has 3 heteroatoms. The van der Waals surface area contributed by atoms with Crippen molar-refractivity contribution in [1.82, 2.24) is 14.9 Å². The third kappa shape index (κ3) is 3.58. The summed E-state index contributed by atoms with van der Waals surface area (Å²) in [5, 5.41) is 3.84. The summed E-state index contributed by atoms with van der Waals surface area (Å²) in [4.78, 5) is 4.10. The second-order valence-electron chi connectivity index (χ2n) is 6.13. The van der Waals surface area contributed by atoms with Crippen molar-refractivity contribution in [3.8, 4) is 0 Å². The van der Waals surface area contributed by atoms with E-state index in [2.05, 4.69) is 35.6 Å². The van der Waals surface area contributed by atoms with Gasteiger partial charge in [0.25, 0.3) is 0 Å². The Kier molecular flexibility index (Phi) is 4.81. The van der Waals surface area contributed by atoms with Gasteiger partial charge in [0.2, 0.25) is 0 Å². The molecule has 1 aliphatic carbocycles. The van der Waals surface area contributed by atoms with Crippen LogP contribution >= 0.6 is 0 Å². The summed E-state index contributed by atoms with van der Waals surface area (Å²) in [6, 6.07) is 1.22. The number of hydrogen-bond acceptors (Lipinski definition) is 2. The van der Waals surface area contributed by atoms with E-state index in [4.69, 9.17) is 0 Å². The molecule has 102 valence electrons. The zero-order valence-electron chi connectivity index (χ0n) is 12.0. The van der Waals surface area contributed by atoms with Crippen LogP contribution in [0, 0.1) is 11.8 Å². The van der Waals surface area contributed by atoms with E-state index >= 15 is 0 Å². The maximum Gasteiger partial charge on any atom is 0.0946 e. The predicted octanol–water partition coefficient (Wildman–Crippen LogP) is 3.08. The van der Waals surface area contributed by atoms with Crippen molar-refractivity contribution in [2.75, 3.05) is 0 Å². The van der Waals surface area contributed by atoms with Gasteiger partial charge in [-0.2, -0.15) is 0 Å². The topological polar surface area (TPSA) is 29.9 Å². The van der Waals surface area contributed by atoms with Gasteiger partial charge in [-0.1, -0.05) is 26.7 Å². The lowest BCUT2D eigenvalue weighted by Gasteiger charge is -2.37. The molecule has 1 fully saturated rings. The van der Waals surface area contributed by atoms with Crippen LogP contribution in [-0.4, -0.2) is 21.6 Å². The van der Waals surface area contributed by atoms with Crippen LogP contribution in [0.2, 0.25) is 0 Å². The van der Waals surface area contributed by atoms with E-state index in [9.17, 15) is 0 Å². The lowest BCUT2D eigenvalue weighted by Crippen LogP contribution is -2.46. The fraction of sp³-hybridized carbons (Fsp3) is 0.800. The standard InChI is InChI=1S/C15H27N3/c1-12(2)14-6-4-5-7-15(14)17-13(3)10-18-9-8-16-11-18/h8-9,11-15,17H,4-7,10H2,1-3H3. The second-order valence-corrected chi connectivity index (χ2v) is 6.13. The summed E-state index contributed by atoms with van der Waals surface area (Å²) < 4.78 is 2.16. The number of hydrogen-bond donors (Lipinski definition) is 1. The molecule has 0 amide bonds. The lowest BCUT2D eigenvalue weighted by molar-refractivity contribution is 0.190. The zero-order valence-corrected chi connectivity index (χ0v) is 12.0. The van der Waals surface area contributed by atoms with Crippen molar-refractivity contribution < 1.29 is 0 Å². The molecule has 2 rings (SSSR count). The largest absolute Gasteiger partial charge is 0.336 e. The summed E-state index contributed by atoms with van der Waals surface area (Å²) in [6.45, 7) is 8.03. The monoisotopic (exact) mass is 249 g/mol. The van der Waals surface area contributed by atoms with Crippen molar-refractivity contribution in [2.24, 2.45) is 11.8 Å². The molecular formula is C15H27N3. The van der Waals surface area contributed by atoms with Gasteiger partial charge >= 0.3 is 0 Å². The van der Waals surface area contributed by atoms with Gasteiger partial charge in [0.05, 0.1) is 6.33 Å². The Hall–Kier alpha value is -0.830. The molecule has 0 aliphatic heterocycles. The van der Waals surface area contributed by atoms with Crippen LogP contribution < -0.4 is 5.32 Å². The molecule has 3 nitrogen and oxygen atoms in total. The van der Waals surface area contributed by atoms with Crippen LogP contribution in [0.1, 0.15) is 46.5 Å². The Morgan fingerprint density at radius 2 is 2.06 bits per heavy atom. The van der Waals surface area contributed by atoms with Gasteiger partial charge in [0.1, 0.15) is 0 Å². The van der Waals surface area contributed by atoms with Gasteiger partial charge in [0, 0.05) is 31.0 Å². The number of imidazole rings is 1. The maximum atomic E-state index is 4.10. The van der Waals surface area contributed by atoms with Gasteiger partial charge in [0.15, 0.2) is 0 Å². The van der Waals surface area contributed by atoms with E-state index < -0.39 is 0 Å². The van der Waals surface area contributed by atoms with E-state index in [0.29, 0.717) is 12.1 Å². The minimum Gasteiger partial charge on any atom is -0.336 e. The van der Waals surface area contributed by atoms with Gasteiger partial charge < -0.3 is 9.88 Å². The summed E-state index contributed by atoms with van der Waals surface area (Å²) in [5.74, 6) is 1.65. The Balaban J connectivity index is 1.86. The molecule has 1 saturated carbocycles. The van der Waals surface area contributed by atoms with Gasteiger partial charge in [-0.05, 0) is 31.6 Å². The van der Waals surface area contributed by atoms with Gasteiger partial charge in [-0.25, -0.2) is 4.98 Å². The first-order chi connectivity index (χ1) is 8.66. The summed E-state index contributed by atoms with van der Waals surface area (Å²) in [7, 11) is 0. The Morgan fingerprint density at radius 1 is 1.28 bits per heavy atom. The van der Waals surface area contributed by atoms with Crippen LogP contribution in [0.5, 0.6) is 0 Å². The summed E-state index contributed by atoms with van der Waals surface area (Å²) >= 11 is 0. The number of rotatable bonds is 5. The normalized spacial score (nSPS) is 26.4. The molecule has 1 N–H and O–H groups in total. The van der Waals surface area contributed by atoms with Crippen LogP contribution in [0.3, 0.4) is 0 Å². The molecule has 3 unspecified atom stereocenters. The van der Waals surface area contributed by atoms with Crippen LogP contribution in [0.4, 0.5) is 0 Å². The molecule has 0 saturated heterocycles. The van der Waals surface area contributed by atoms with Crippen molar-refractivity contribution in [2.45, 2.75) is 65.1 Å². The predicted molar refractivity (Wildman–Crippen MR) is 75.4 cm³/mol. The highest BCUT2D eigenvalue weighted by molar-refractivity contribution is 4.85. The number of aromatic nitrogens is 2. The van der Waals surface area contributed by atoms with Crippen molar-refractivity contribution in [3.63, 3.8) is 0 Å². The fourth-order valence-electron chi connectivity index (χ4n) is 3.29. The molecule has 0 bridgehead atoms. The molecule has 1 heterocycles. The molecule has 1 aromatic rings. The fourth-order valence-corrected chi connectivity index (χ4v) is 3.29. The average Bonchev–Trinajstić information content (AvgIpc) is 2.82. The first kappa shape index (κ1) is 13.6. The van der Waals surface area contributed by atoms with Crippen molar-refractivity contribution in [3.05, 3.63) is 18.7 Å². The molecule has 1 aliphatic rings. The minimum absolute atomic E-state index is 0.517. The average molecular weight is 249 g/mol. The van der Waals surface area contributed by atoms with E-state index in [1.807, 2.05) is 18.7 Å². The second kappa shape index (κ2) is 6.37. The molecule has 0 radical (unpaired) electrons. The number of nitrogens with zero attached hydrogens (tertiary/aromatic N) is 2. The van der Waals surface area contributed by atoms with E-state index in [1.165, 1.54) is 25.7 Å². The third-order valence-electron chi connectivity index (χ3n) is 4.22. The Morgan fingerprint density at radius 3 is 2.72 bits per heavy atom. The third-order valence-corrected chi connectivity index (χ3v) is 4.22. The Labute approximate surface area is 111 Å². The molecule has 0 aromatic carbocycles. The molecule has 18 heavy (non-hydrogen) atoms. The maximum absolute atomic E-state index is 4.10. The highest BCUT2D eigenvalue weighted by Crippen LogP contribution is 2.30. The smallest absolute Gasteiger partial charge is 0.0946 e. The van der Waals surface area contributed by atoms with Crippen LogP contribution in [0.15, 0.2) is 18.7 Å². The molecule has 1 aromatic heterocycles. The van der Waals surface area contributed by atoms with E-state index in [0.717, 1.165) is 18.4 Å². The van der Waals surface area contributed by atoms with Crippen LogP contribution in [0.25, 0.3) is 0 Å². The highest BCUT2D eigenvalue weighted by atomic mass is 15.1. The van der Waals surface area contributed by atoms with E-state index in [-0.39, 0.29) is 0 Å². The first-order valence-electron chi connectivity index (χ1n) is 7.38. The Bertz CT molecular complexity index is 332. The minimum atomic E-state index is 0.517. The van der Waals surface area contributed by atoms with Gasteiger partial charge in [-0.15, -0.1) is 0 Å². The quantitative estimate of drug-likeness (QED) is 0.869. The lowest BCUT2D eigenvalue weighted by atomic mass is 9.77. The zero-order chi connectivity index (χ0) is 13.0. The van der Waals surface area contributed by atoms with E-state index in [1.54, 1.807) is 0 Å².